The SMILES string of the molecule is CC(=O)O[C@H]1[C@H](n2cc(C)c(=O)[nH]c2=O)O[C@]2(CCC[C@H]2OCn2cc(C)c(=O)[nH]c2=O)[C@H]1OC(C)=O. The van der Waals surface area contributed by atoms with E-state index in [2.05, 4.69) is 9.97 Å². The maximum Gasteiger partial charge on any atom is 0.330 e. The number of carbonyl (C=O) groups excluding carboxylic acids is 2. The smallest absolute Gasteiger partial charge is 0.330 e. The zero-order chi connectivity index (χ0) is 27.1. The van der Waals surface area contributed by atoms with Crippen molar-refractivity contribution in [1.29, 1.82) is 0 Å². The summed E-state index contributed by atoms with van der Waals surface area (Å²) in [5.41, 5.74) is -3.40. The van der Waals surface area contributed by atoms with E-state index in [9.17, 15) is 28.8 Å². The summed E-state index contributed by atoms with van der Waals surface area (Å²) < 4.78 is 25.9. The highest BCUT2D eigenvalue weighted by Crippen LogP contribution is 2.50. The molecule has 1 spiro atoms. The summed E-state index contributed by atoms with van der Waals surface area (Å²) in [6, 6.07) is 0. The van der Waals surface area contributed by atoms with Crippen LogP contribution in [0.15, 0.2) is 31.6 Å². The van der Waals surface area contributed by atoms with Crippen LogP contribution in [0.25, 0.3) is 0 Å². The number of aromatic amines is 2. The van der Waals surface area contributed by atoms with Gasteiger partial charge >= 0.3 is 23.3 Å². The lowest BCUT2D eigenvalue weighted by atomic mass is 9.91. The Morgan fingerprint density at radius 2 is 1.62 bits per heavy atom. The van der Waals surface area contributed by atoms with Crippen LogP contribution in [0, 0.1) is 13.8 Å². The number of nitrogens with one attached hydrogen (secondary N) is 2. The summed E-state index contributed by atoms with van der Waals surface area (Å²) in [5, 5.41) is 0. The molecular weight excluding hydrogens is 492 g/mol. The van der Waals surface area contributed by atoms with Gasteiger partial charge in [-0.2, -0.15) is 0 Å². The third-order valence-corrected chi connectivity index (χ3v) is 6.60. The average Bonchev–Trinajstić information content (AvgIpc) is 3.34. The van der Waals surface area contributed by atoms with Crippen LogP contribution in [0.4, 0.5) is 0 Å². The van der Waals surface area contributed by atoms with Crippen LogP contribution in [-0.2, 0) is 35.3 Å². The van der Waals surface area contributed by atoms with Gasteiger partial charge in [-0.25, -0.2) is 9.59 Å². The molecule has 3 heterocycles. The van der Waals surface area contributed by atoms with Gasteiger partial charge in [0.25, 0.3) is 11.1 Å². The molecule has 0 unspecified atom stereocenters. The van der Waals surface area contributed by atoms with E-state index in [1.165, 1.54) is 37.7 Å². The second-order valence-corrected chi connectivity index (χ2v) is 9.26. The zero-order valence-electron chi connectivity index (χ0n) is 20.8. The monoisotopic (exact) mass is 520 g/mol. The molecule has 14 nitrogen and oxygen atoms in total. The molecule has 1 aliphatic heterocycles. The molecule has 0 bridgehead atoms. The van der Waals surface area contributed by atoms with E-state index >= 15 is 0 Å². The van der Waals surface area contributed by atoms with Gasteiger partial charge in [-0.05, 0) is 33.1 Å². The first-order valence-electron chi connectivity index (χ1n) is 11.7. The number of esters is 2. The maximum atomic E-state index is 12.7. The van der Waals surface area contributed by atoms with Crippen molar-refractivity contribution in [2.24, 2.45) is 0 Å². The first-order valence-corrected chi connectivity index (χ1v) is 11.7. The number of carbonyl (C=O) groups is 2. The Labute approximate surface area is 209 Å². The summed E-state index contributed by atoms with van der Waals surface area (Å²) in [7, 11) is 0. The minimum Gasteiger partial charge on any atom is -0.455 e. The third kappa shape index (κ3) is 4.93. The van der Waals surface area contributed by atoms with Gasteiger partial charge in [-0.3, -0.25) is 38.3 Å². The van der Waals surface area contributed by atoms with E-state index in [0.29, 0.717) is 24.8 Å². The standard InChI is InChI=1S/C23H28N4O10/c1-11-8-26(21(32)24-18(11)30)10-34-15-6-5-7-23(15)17(36-14(4)29)16(35-13(3)28)20(37-23)27-9-12(2)19(31)25-22(27)33/h8-9,15-17,20H,5-7,10H2,1-4H3,(H,24,30,32)(H,25,31,33)/t15-,16-,17+,20-,23+/m1/s1. The summed E-state index contributed by atoms with van der Waals surface area (Å²) in [4.78, 5) is 77.1. The molecule has 1 aliphatic carbocycles. The van der Waals surface area contributed by atoms with Crippen LogP contribution in [0.2, 0.25) is 0 Å². The van der Waals surface area contributed by atoms with Crippen LogP contribution < -0.4 is 22.5 Å². The molecule has 200 valence electrons. The highest BCUT2D eigenvalue weighted by atomic mass is 16.7. The van der Waals surface area contributed by atoms with Crippen molar-refractivity contribution < 1.29 is 28.5 Å². The number of ether oxygens (including phenoxy) is 4. The summed E-state index contributed by atoms with van der Waals surface area (Å²) >= 11 is 0. The van der Waals surface area contributed by atoms with Crippen molar-refractivity contribution >= 4 is 11.9 Å². The summed E-state index contributed by atoms with van der Waals surface area (Å²) in [5.74, 6) is -1.37. The fourth-order valence-corrected chi connectivity index (χ4v) is 4.97. The van der Waals surface area contributed by atoms with Crippen molar-refractivity contribution in [3.63, 3.8) is 0 Å². The number of H-pyrrole nitrogens is 2. The number of aromatic nitrogens is 4. The fourth-order valence-electron chi connectivity index (χ4n) is 4.97. The third-order valence-electron chi connectivity index (χ3n) is 6.60. The molecule has 37 heavy (non-hydrogen) atoms. The van der Waals surface area contributed by atoms with Gasteiger partial charge < -0.3 is 18.9 Å². The molecule has 1 saturated carbocycles. The fraction of sp³-hybridized carbons (Fsp3) is 0.565. The Kier molecular flexibility index (Phi) is 7.06. The Morgan fingerprint density at radius 1 is 1.00 bits per heavy atom. The van der Waals surface area contributed by atoms with E-state index in [1.807, 2.05) is 0 Å². The van der Waals surface area contributed by atoms with Gasteiger partial charge in [0.2, 0.25) is 0 Å². The molecular formula is C23H28N4O10. The van der Waals surface area contributed by atoms with Crippen LogP contribution in [0.1, 0.15) is 50.5 Å². The summed E-state index contributed by atoms with van der Waals surface area (Å²) in [6.45, 7) is 5.15. The van der Waals surface area contributed by atoms with Crippen molar-refractivity contribution in [1.82, 2.24) is 19.1 Å². The van der Waals surface area contributed by atoms with E-state index in [1.54, 1.807) is 6.92 Å². The molecule has 0 amide bonds. The number of rotatable bonds is 6. The first-order chi connectivity index (χ1) is 17.4. The Morgan fingerprint density at radius 3 is 2.27 bits per heavy atom. The highest BCUT2D eigenvalue weighted by Gasteiger charge is 2.65. The van der Waals surface area contributed by atoms with Gasteiger partial charge in [0.15, 0.2) is 18.4 Å². The molecule has 2 aromatic heterocycles. The average molecular weight is 520 g/mol. The molecule has 0 aromatic carbocycles. The molecule has 5 atom stereocenters. The molecule has 2 aromatic rings. The molecule has 0 radical (unpaired) electrons. The first kappa shape index (κ1) is 26.3. The largest absolute Gasteiger partial charge is 0.455 e. The number of hydrogen-bond acceptors (Lipinski definition) is 10. The number of nitrogens with zero attached hydrogens (tertiary/aromatic N) is 2. The van der Waals surface area contributed by atoms with Crippen LogP contribution in [0.5, 0.6) is 0 Å². The van der Waals surface area contributed by atoms with E-state index < -0.39 is 64.6 Å². The van der Waals surface area contributed by atoms with Crippen molar-refractivity contribution in [3.8, 4) is 0 Å². The molecule has 2 aliphatic rings. The van der Waals surface area contributed by atoms with Crippen LogP contribution >= 0.6 is 0 Å². The van der Waals surface area contributed by atoms with Gasteiger partial charge in [0.1, 0.15) is 12.3 Å². The molecule has 14 heteroatoms. The Hall–Kier alpha value is -3.78. The quantitative estimate of drug-likeness (QED) is 0.465. The van der Waals surface area contributed by atoms with Crippen LogP contribution in [0.3, 0.4) is 0 Å². The minimum atomic E-state index is -1.35. The number of aryl methyl sites for hydroxylation is 2. The molecule has 2 N–H and O–H groups in total. The van der Waals surface area contributed by atoms with E-state index in [4.69, 9.17) is 18.9 Å². The highest BCUT2D eigenvalue weighted by molar-refractivity contribution is 5.67. The molecule has 1 saturated heterocycles. The predicted molar refractivity (Wildman–Crippen MR) is 125 cm³/mol. The molecule has 4 rings (SSSR count). The summed E-state index contributed by atoms with van der Waals surface area (Å²) in [6.07, 6.45) is -0.451. The second kappa shape index (κ2) is 9.94. The zero-order valence-corrected chi connectivity index (χ0v) is 20.8. The van der Waals surface area contributed by atoms with Crippen LogP contribution in [-0.4, -0.2) is 55.0 Å². The molecule has 2 fully saturated rings. The van der Waals surface area contributed by atoms with Crippen molar-refractivity contribution in [2.45, 2.75) is 83.8 Å². The van der Waals surface area contributed by atoms with Gasteiger partial charge in [0.05, 0.1) is 6.10 Å². The lowest BCUT2D eigenvalue weighted by Gasteiger charge is -2.35. The lowest BCUT2D eigenvalue weighted by Crippen LogP contribution is -2.52. The van der Waals surface area contributed by atoms with Gasteiger partial charge in [-0.1, -0.05) is 0 Å². The Balaban J connectivity index is 1.75. The lowest BCUT2D eigenvalue weighted by molar-refractivity contribution is -0.190. The number of hydrogen-bond donors (Lipinski definition) is 2. The van der Waals surface area contributed by atoms with E-state index in [0.717, 1.165) is 4.57 Å². The van der Waals surface area contributed by atoms with Gasteiger partial charge in [-0.15, -0.1) is 0 Å². The minimum absolute atomic E-state index is 0.210. The predicted octanol–water partition coefficient (Wildman–Crippen LogP) is -0.639. The van der Waals surface area contributed by atoms with Crippen molar-refractivity contribution in [2.75, 3.05) is 0 Å². The second-order valence-electron chi connectivity index (χ2n) is 9.26. The Bertz CT molecular complexity index is 1450. The van der Waals surface area contributed by atoms with Gasteiger partial charge in [0, 0.05) is 37.4 Å². The van der Waals surface area contributed by atoms with E-state index in [-0.39, 0.29) is 12.3 Å². The topological polar surface area (TPSA) is 181 Å². The van der Waals surface area contributed by atoms with Crippen molar-refractivity contribution in [3.05, 3.63) is 65.2 Å². The maximum absolute atomic E-state index is 12.7. The normalized spacial score (nSPS) is 26.9.